The highest BCUT2D eigenvalue weighted by atomic mass is 16.6. The number of rotatable bonds is 9. The fourth-order valence-electron chi connectivity index (χ4n) is 3.63. The van der Waals surface area contributed by atoms with Gasteiger partial charge >= 0.3 is 6.09 Å². The van der Waals surface area contributed by atoms with E-state index in [9.17, 15) is 19.5 Å². The Labute approximate surface area is 198 Å². The van der Waals surface area contributed by atoms with Crippen LogP contribution in [0.3, 0.4) is 0 Å². The minimum Gasteiger partial charge on any atom is -0.444 e. The van der Waals surface area contributed by atoms with Crippen LogP contribution in [0, 0.1) is 13.8 Å². The highest BCUT2D eigenvalue weighted by molar-refractivity contribution is 5.93. The molecule has 0 aliphatic carbocycles. The van der Waals surface area contributed by atoms with Crippen molar-refractivity contribution in [2.75, 3.05) is 6.61 Å². The molecule has 3 atom stereocenters. The normalized spacial score (nSPS) is 14.3. The molecule has 0 saturated heterocycles. The predicted octanol–water partition coefficient (Wildman–Crippen LogP) is 3.38. The van der Waals surface area contributed by atoms with Gasteiger partial charge in [-0.3, -0.25) is 9.59 Å². The number of alkyl carbamates (subject to hydrolysis) is 1. The number of carbonyl (C=O) groups is 3. The average molecular weight is 464 g/mol. The summed E-state index contributed by atoms with van der Waals surface area (Å²) in [5.41, 5.74) is 1.72. The highest BCUT2D eigenvalue weighted by Gasteiger charge is 2.39. The third kappa shape index (κ3) is 8.03. The van der Waals surface area contributed by atoms with E-state index >= 15 is 0 Å². The second kappa shape index (κ2) is 12.0. The number of hydrogen-bond acceptors (Lipinski definition) is 5. The molecule has 0 bridgehead atoms. The molecule has 33 heavy (non-hydrogen) atoms. The van der Waals surface area contributed by atoms with Gasteiger partial charge in [0, 0.05) is 12.1 Å². The van der Waals surface area contributed by atoms with Crippen molar-refractivity contribution in [2.45, 2.75) is 98.5 Å². The second-order valence-electron chi connectivity index (χ2n) is 9.76. The number of hydrogen-bond donors (Lipinski definition) is 3. The lowest BCUT2D eigenvalue weighted by atomic mass is 9.92. The van der Waals surface area contributed by atoms with Gasteiger partial charge in [-0.1, -0.05) is 25.1 Å². The Balaban J connectivity index is 3.53. The molecule has 186 valence electrons. The SMILES string of the molecule is CCC(C)N(C(=O)C(CO)NC(=O)OC(C)(C)C)C(C(=O)NC(C)C)c1c(C)cccc1C. The van der Waals surface area contributed by atoms with Gasteiger partial charge in [-0.15, -0.1) is 0 Å². The van der Waals surface area contributed by atoms with E-state index in [4.69, 9.17) is 4.74 Å². The maximum atomic E-state index is 13.7. The van der Waals surface area contributed by atoms with Crippen LogP contribution in [0.4, 0.5) is 4.79 Å². The molecule has 0 fully saturated rings. The van der Waals surface area contributed by atoms with Crippen LogP contribution >= 0.6 is 0 Å². The molecular weight excluding hydrogens is 422 g/mol. The van der Waals surface area contributed by atoms with E-state index in [1.54, 1.807) is 20.8 Å². The Morgan fingerprint density at radius 2 is 1.61 bits per heavy atom. The van der Waals surface area contributed by atoms with E-state index in [-0.39, 0.29) is 18.0 Å². The summed E-state index contributed by atoms with van der Waals surface area (Å²) in [7, 11) is 0. The second-order valence-corrected chi connectivity index (χ2v) is 9.76. The minimum atomic E-state index is -1.26. The predicted molar refractivity (Wildman–Crippen MR) is 129 cm³/mol. The van der Waals surface area contributed by atoms with Crippen LogP contribution in [0.1, 0.15) is 77.6 Å². The molecule has 1 aromatic rings. The molecule has 0 aliphatic rings. The molecule has 3 amide bonds. The third-order valence-electron chi connectivity index (χ3n) is 5.26. The molecule has 0 saturated carbocycles. The lowest BCUT2D eigenvalue weighted by Crippen LogP contribution is -2.57. The summed E-state index contributed by atoms with van der Waals surface area (Å²) in [6.45, 7) is 15.8. The van der Waals surface area contributed by atoms with Crippen molar-refractivity contribution < 1.29 is 24.2 Å². The van der Waals surface area contributed by atoms with E-state index in [0.717, 1.165) is 16.7 Å². The van der Waals surface area contributed by atoms with Crippen molar-refractivity contribution in [3.05, 3.63) is 34.9 Å². The number of aliphatic hydroxyl groups is 1. The monoisotopic (exact) mass is 463 g/mol. The summed E-state index contributed by atoms with van der Waals surface area (Å²) >= 11 is 0. The molecule has 0 spiro atoms. The van der Waals surface area contributed by atoms with E-state index in [1.165, 1.54) is 4.90 Å². The summed E-state index contributed by atoms with van der Waals surface area (Å²) < 4.78 is 5.26. The van der Waals surface area contributed by atoms with Gasteiger partial charge in [0.25, 0.3) is 0 Å². The molecule has 0 aromatic heterocycles. The van der Waals surface area contributed by atoms with Crippen molar-refractivity contribution in [1.82, 2.24) is 15.5 Å². The topological polar surface area (TPSA) is 108 Å². The Kier molecular flexibility index (Phi) is 10.4. The lowest BCUT2D eigenvalue weighted by molar-refractivity contribution is -0.146. The number of ether oxygens (including phenoxy) is 1. The van der Waals surface area contributed by atoms with Gasteiger partial charge in [0.05, 0.1) is 6.61 Å². The molecular formula is C25H41N3O5. The molecule has 3 unspecified atom stereocenters. The summed E-state index contributed by atoms with van der Waals surface area (Å²) in [5, 5.41) is 15.4. The van der Waals surface area contributed by atoms with Crippen molar-refractivity contribution in [2.24, 2.45) is 0 Å². The zero-order chi connectivity index (χ0) is 25.5. The molecule has 0 radical (unpaired) electrons. The highest BCUT2D eigenvalue weighted by Crippen LogP contribution is 2.31. The van der Waals surface area contributed by atoms with Crippen LogP contribution in [0.25, 0.3) is 0 Å². The quantitative estimate of drug-likeness (QED) is 0.520. The fourth-order valence-corrected chi connectivity index (χ4v) is 3.63. The zero-order valence-electron chi connectivity index (χ0n) is 21.5. The molecule has 3 N–H and O–H groups in total. The van der Waals surface area contributed by atoms with Crippen LogP contribution in [0.5, 0.6) is 0 Å². The number of nitrogens with zero attached hydrogens (tertiary/aromatic N) is 1. The number of amides is 3. The first kappa shape index (κ1) is 28.4. The first-order chi connectivity index (χ1) is 15.2. The molecule has 8 heteroatoms. The van der Waals surface area contributed by atoms with Gasteiger partial charge in [-0.05, 0) is 78.5 Å². The van der Waals surface area contributed by atoms with Gasteiger partial charge in [-0.25, -0.2) is 4.79 Å². The first-order valence-corrected chi connectivity index (χ1v) is 11.5. The van der Waals surface area contributed by atoms with Gasteiger partial charge in [0.2, 0.25) is 11.8 Å². The Morgan fingerprint density at radius 1 is 1.06 bits per heavy atom. The molecule has 1 aromatic carbocycles. The van der Waals surface area contributed by atoms with Gasteiger partial charge in [0.1, 0.15) is 17.7 Å². The van der Waals surface area contributed by atoms with E-state index in [2.05, 4.69) is 10.6 Å². The Morgan fingerprint density at radius 3 is 2.03 bits per heavy atom. The lowest BCUT2D eigenvalue weighted by Gasteiger charge is -2.39. The van der Waals surface area contributed by atoms with Crippen LogP contribution < -0.4 is 10.6 Å². The van der Waals surface area contributed by atoms with Gasteiger partial charge in [-0.2, -0.15) is 0 Å². The maximum absolute atomic E-state index is 13.7. The number of benzene rings is 1. The molecule has 0 heterocycles. The van der Waals surface area contributed by atoms with E-state index in [1.807, 2.05) is 59.7 Å². The number of carbonyl (C=O) groups excluding carboxylic acids is 3. The van der Waals surface area contributed by atoms with Crippen molar-refractivity contribution in [3.8, 4) is 0 Å². The van der Waals surface area contributed by atoms with Gasteiger partial charge in [0.15, 0.2) is 0 Å². The summed E-state index contributed by atoms with van der Waals surface area (Å²) in [6, 6.07) is 3.06. The smallest absolute Gasteiger partial charge is 0.408 e. The van der Waals surface area contributed by atoms with Crippen molar-refractivity contribution in [1.29, 1.82) is 0 Å². The number of aliphatic hydroxyl groups excluding tert-OH is 1. The largest absolute Gasteiger partial charge is 0.444 e. The summed E-state index contributed by atoms with van der Waals surface area (Å²) in [4.78, 5) is 41.0. The fraction of sp³-hybridized carbons (Fsp3) is 0.640. The van der Waals surface area contributed by atoms with E-state index in [0.29, 0.717) is 6.42 Å². The standard InChI is InChI=1S/C25H41N3O5/c1-10-18(6)28(23(31)19(14-29)27-24(32)33-25(7,8)9)21(22(30)26-15(2)3)20-16(4)12-11-13-17(20)5/h11-13,15,18-19,21,29H,10,14H2,1-9H3,(H,26,30)(H,27,32). The molecule has 0 aliphatic heterocycles. The van der Waals surface area contributed by atoms with Crippen LogP contribution in [0.15, 0.2) is 18.2 Å². The first-order valence-electron chi connectivity index (χ1n) is 11.5. The van der Waals surface area contributed by atoms with Crippen LogP contribution in [-0.4, -0.2) is 58.2 Å². The Bertz CT molecular complexity index is 812. The third-order valence-corrected chi connectivity index (χ3v) is 5.26. The summed E-state index contributed by atoms with van der Waals surface area (Å²) in [5.74, 6) is -0.866. The minimum absolute atomic E-state index is 0.133. The van der Waals surface area contributed by atoms with Crippen molar-refractivity contribution in [3.63, 3.8) is 0 Å². The summed E-state index contributed by atoms with van der Waals surface area (Å²) in [6.07, 6.45) is -0.235. The Hall–Kier alpha value is -2.61. The van der Waals surface area contributed by atoms with E-state index < -0.39 is 36.3 Å². The molecule has 8 nitrogen and oxygen atoms in total. The maximum Gasteiger partial charge on any atom is 0.408 e. The average Bonchev–Trinajstić information content (AvgIpc) is 2.68. The molecule has 1 rings (SSSR count). The van der Waals surface area contributed by atoms with Crippen molar-refractivity contribution >= 4 is 17.9 Å². The van der Waals surface area contributed by atoms with Crippen LogP contribution in [-0.2, 0) is 14.3 Å². The van der Waals surface area contributed by atoms with Gasteiger partial charge < -0.3 is 25.4 Å². The number of aryl methyl sites for hydroxylation is 2. The zero-order valence-corrected chi connectivity index (χ0v) is 21.5. The number of nitrogens with one attached hydrogen (secondary N) is 2. The van der Waals surface area contributed by atoms with Crippen LogP contribution in [0.2, 0.25) is 0 Å².